The number of phenolic OH excluding ortho intramolecular Hbond substituents is 7. The Morgan fingerprint density at radius 1 is 0.493 bits per heavy atom. The number of amides is 1. The number of phenols is 7. The van der Waals surface area contributed by atoms with E-state index in [1.54, 1.807) is 128 Å². The maximum absolute atomic E-state index is 10.9. The summed E-state index contributed by atoms with van der Waals surface area (Å²) in [6.07, 6.45) is 1.07. The summed E-state index contributed by atoms with van der Waals surface area (Å²) in [6, 6.07) is 45.8. The van der Waals surface area contributed by atoms with Crippen LogP contribution in [0, 0.1) is 0 Å². The molecule has 71 heavy (non-hydrogen) atoms. The number of nitrogens with one attached hydrogen (secondary N) is 3. The van der Waals surface area contributed by atoms with Gasteiger partial charge in [0.1, 0.15) is 40.2 Å². The van der Waals surface area contributed by atoms with Gasteiger partial charge in [-0.3, -0.25) is 9.52 Å². The van der Waals surface area contributed by atoms with Crippen LogP contribution in [0.25, 0.3) is 0 Å². The van der Waals surface area contributed by atoms with Gasteiger partial charge in [0.25, 0.3) is 0 Å². The molecule has 7 aromatic carbocycles. The standard InChI is InChI=1S/C9H11NO2.C8H11NO2.C8H11NO.C7H9NO3S.C7H9NO.2C6H7NO.ClH/c1-7(11)10(2)8-3-5-9(12)6-4-8;10-6-5-9-7-1-3-8(11)4-2-7;1-9(2)7-3-5-8(10)6-4-7;1-12(10,11)8-6-2-4-7(9)5-3-6;1-8-6-2-4-7(9)5-3-6;2*7-5-1-3-6(8)4-2-5;/h3-6,12H,1-2H3;1-4,9-11H,5-6H2;3-6,10H,1-2H3;2-5,8-9H,1H3;2-5,8-9H,1H3;2*1-4,8H,7H2;1H. The summed E-state index contributed by atoms with van der Waals surface area (Å²) in [4.78, 5) is 14.4. The van der Waals surface area contributed by atoms with E-state index in [0.717, 1.165) is 29.0 Å². The van der Waals surface area contributed by atoms with Crippen molar-refractivity contribution in [2.45, 2.75) is 6.92 Å². The number of nitrogens with two attached hydrogens (primary N) is 2. The van der Waals surface area contributed by atoms with E-state index < -0.39 is 10.0 Å². The van der Waals surface area contributed by atoms with E-state index in [9.17, 15) is 13.2 Å². The number of hydrogen-bond acceptors (Lipinski definition) is 16. The Hall–Kier alpha value is -8.39. The molecule has 0 saturated carbocycles. The number of benzene rings is 7. The Morgan fingerprint density at radius 3 is 1.04 bits per heavy atom. The molecule has 7 rings (SSSR count). The molecular formula is C51H66ClN7O11S. The van der Waals surface area contributed by atoms with Crippen molar-refractivity contribution in [3.8, 4) is 40.2 Å². The minimum Gasteiger partial charge on any atom is -0.508 e. The first-order valence-electron chi connectivity index (χ1n) is 21.0. The van der Waals surface area contributed by atoms with E-state index in [4.69, 9.17) is 52.3 Å². The molecule has 0 atom stereocenters. The smallest absolute Gasteiger partial charge is 0.229 e. The zero-order chi connectivity index (χ0) is 52.6. The second kappa shape index (κ2) is 34.0. The van der Waals surface area contributed by atoms with Gasteiger partial charge in [0.15, 0.2) is 0 Å². The van der Waals surface area contributed by atoms with Crippen molar-refractivity contribution >= 4 is 68.1 Å². The molecule has 0 fully saturated rings. The largest absolute Gasteiger partial charge is 0.508 e. The van der Waals surface area contributed by atoms with Gasteiger partial charge >= 0.3 is 0 Å². The van der Waals surface area contributed by atoms with Crippen molar-refractivity contribution in [2.24, 2.45) is 0 Å². The van der Waals surface area contributed by atoms with E-state index in [-0.39, 0.29) is 53.7 Å². The third-order valence-corrected chi connectivity index (χ3v) is 9.10. The summed E-state index contributed by atoms with van der Waals surface area (Å²) in [6.45, 7) is 2.14. The molecule has 15 N–H and O–H groups in total. The molecule has 0 saturated heterocycles. The number of nitrogen functional groups attached to an aromatic ring is 2. The molecule has 0 bridgehead atoms. The first-order chi connectivity index (χ1) is 33.0. The number of carbonyl (C=O) groups excluding carboxylic acids is 1. The number of halogens is 1. The summed E-state index contributed by atoms with van der Waals surface area (Å²) in [5.74, 6) is 1.64. The van der Waals surface area contributed by atoms with Gasteiger partial charge < -0.3 is 72.8 Å². The SMILES string of the molecule is CC(=O)N(C)c1ccc(O)cc1.CN(C)c1ccc(O)cc1.CNc1ccc(O)cc1.CS(=O)(=O)Nc1ccc(O)cc1.Cl.Nc1ccc(O)cc1.Nc1ccc(O)cc1.OCCNc1ccc(O)cc1. The lowest BCUT2D eigenvalue weighted by atomic mass is 10.3. The number of nitrogens with zero attached hydrogens (tertiary/aromatic N) is 2. The molecule has 0 aliphatic rings. The molecule has 0 aromatic heterocycles. The minimum absolute atomic E-state index is 0. The monoisotopic (exact) mass is 1020 g/mol. The van der Waals surface area contributed by atoms with Crippen LogP contribution < -0.4 is 36.6 Å². The van der Waals surface area contributed by atoms with Crippen molar-refractivity contribution in [3.63, 3.8) is 0 Å². The van der Waals surface area contributed by atoms with Crippen molar-refractivity contribution in [3.05, 3.63) is 170 Å². The summed E-state index contributed by atoms with van der Waals surface area (Å²) in [5.41, 5.74) is 16.2. The number of aliphatic hydroxyl groups excluding tert-OH is 1. The van der Waals surface area contributed by atoms with Crippen LogP contribution >= 0.6 is 12.4 Å². The summed E-state index contributed by atoms with van der Waals surface area (Å²) >= 11 is 0. The first kappa shape index (κ1) is 62.6. The van der Waals surface area contributed by atoms with E-state index in [1.807, 2.05) is 50.3 Å². The molecule has 384 valence electrons. The van der Waals surface area contributed by atoms with Crippen LogP contribution in [0.5, 0.6) is 40.2 Å². The van der Waals surface area contributed by atoms with Gasteiger partial charge in [-0.1, -0.05) is 0 Å². The highest BCUT2D eigenvalue weighted by atomic mass is 35.5. The predicted molar refractivity (Wildman–Crippen MR) is 290 cm³/mol. The molecule has 1 amide bonds. The van der Waals surface area contributed by atoms with Gasteiger partial charge in [-0.05, 0) is 170 Å². The molecule has 0 heterocycles. The van der Waals surface area contributed by atoms with Crippen LogP contribution in [0.4, 0.5) is 39.8 Å². The lowest BCUT2D eigenvalue weighted by molar-refractivity contribution is -0.116. The quantitative estimate of drug-likeness (QED) is 0.0504. The number of sulfonamides is 1. The van der Waals surface area contributed by atoms with Crippen LogP contribution in [-0.2, 0) is 14.8 Å². The second-order valence-corrected chi connectivity index (χ2v) is 16.4. The van der Waals surface area contributed by atoms with E-state index in [1.165, 1.54) is 36.1 Å². The maximum Gasteiger partial charge on any atom is 0.229 e. The second-order valence-electron chi connectivity index (χ2n) is 14.6. The highest BCUT2D eigenvalue weighted by Gasteiger charge is 2.04. The van der Waals surface area contributed by atoms with Gasteiger partial charge in [-0.2, -0.15) is 0 Å². The molecule has 7 aromatic rings. The van der Waals surface area contributed by atoms with Gasteiger partial charge in [-0.25, -0.2) is 8.42 Å². The minimum atomic E-state index is -3.22. The number of aromatic hydroxyl groups is 7. The summed E-state index contributed by atoms with van der Waals surface area (Å²) < 4.78 is 23.7. The van der Waals surface area contributed by atoms with Gasteiger partial charge in [0.05, 0.1) is 12.9 Å². The molecule has 0 spiro atoms. The normalized spacial score (nSPS) is 9.45. The third-order valence-electron chi connectivity index (χ3n) is 8.50. The molecule has 20 heteroatoms. The fourth-order valence-electron chi connectivity index (χ4n) is 4.71. The average Bonchev–Trinajstić information content (AvgIpc) is 3.33. The lowest BCUT2D eigenvalue weighted by Crippen LogP contribution is -2.22. The zero-order valence-electron chi connectivity index (χ0n) is 40.2. The Kier molecular flexibility index (Phi) is 30.0. The van der Waals surface area contributed by atoms with Crippen LogP contribution in [0.15, 0.2) is 170 Å². The third kappa shape index (κ3) is 30.6. The molecule has 0 unspecified atom stereocenters. The number of aliphatic hydroxyl groups is 1. The number of carbonyl (C=O) groups is 1. The summed E-state index contributed by atoms with van der Waals surface area (Å²) in [5, 5.41) is 76.3. The molecule has 0 aliphatic carbocycles. The van der Waals surface area contributed by atoms with Gasteiger partial charge in [-0.15, -0.1) is 12.4 Å². The van der Waals surface area contributed by atoms with Gasteiger partial charge in [0.2, 0.25) is 15.9 Å². The Labute approximate surface area is 421 Å². The predicted octanol–water partition coefficient (Wildman–Crippen LogP) is 8.20. The zero-order valence-corrected chi connectivity index (χ0v) is 41.9. The average molecular weight is 1020 g/mol. The Bertz CT molecular complexity index is 2510. The number of rotatable bonds is 8. The van der Waals surface area contributed by atoms with Crippen molar-refractivity contribution in [1.82, 2.24) is 0 Å². The van der Waals surface area contributed by atoms with E-state index >= 15 is 0 Å². The van der Waals surface area contributed by atoms with E-state index in [2.05, 4.69) is 15.4 Å². The Morgan fingerprint density at radius 2 is 0.775 bits per heavy atom. The maximum atomic E-state index is 10.9. The van der Waals surface area contributed by atoms with Crippen molar-refractivity contribution < 1.29 is 54.1 Å². The van der Waals surface area contributed by atoms with Crippen molar-refractivity contribution in [2.75, 3.05) is 84.2 Å². The number of anilines is 7. The van der Waals surface area contributed by atoms with Crippen LogP contribution in [0.1, 0.15) is 6.92 Å². The first-order valence-corrected chi connectivity index (χ1v) is 22.9. The topological polar surface area (TPSA) is 308 Å². The fraction of sp³-hybridized carbons (Fsp3) is 0.157. The van der Waals surface area contributed by atoms with E-state index in [0.29, 0.717) is 35.1 Å². The summed E-state index contributed by atoms with van der Waals surface area (Å²) in [7, 11) is 4.24. The molecule has 0 aliphatic heterocycles. The fourth-order valence-corrected chi connectivity index (χ4v) is 5.27. The highest BCUT2D eigenvalue weighted by molar-refractivity contribution is 7.92. The van der Waals surface area contributed by atoms with Crippen LogP contribution in [0.2, 0.25) is 0 Å². The number of hydrogen-bond donors (Lipinski definition) is 13. The van der Waals surface area contributed by atoms with Gasteiger partial charge in [0, 0.05) is 81.5 Å². The molecule has 0 radical (unpaired) electrons. The lowest BCUT2D eigenvalue weighted by Gasteiger charge is -2.14. The highest BCUT2D eigenvalue weighted by Crippen LogP contribution is 2.19. The molecular weight excluding hydrogens is 954 g/mol. The van der Waals surface area contributed by atoms with Crippen LogP contribution in [0.3, 0.4) is 0 Å². The Balaban J connectivity index is 0.000000807. The van der Waals surface area contributed by atoms with Crippen molar-refractivity contribution in [1.29, 1.82) is 0 Å². The molecule has 18 nitrogen and oxygen atoms in total. The van der Waals surface area contributed by atoms with Crippen LogP contribution in [-0.4, -0.2) is 103 Å².